The van der Waals surface area contributed by atoms with Gasteiger partial charge in [-0.3, -0.25) is 4.79 Å². The Morgan fingerprint density at radius 2 is 1.85 bits per heavy atom. The van der Waals surface area contributed by atoms with Gasteiger partial charge < -0.3 is 14.4 Å². The lowest BCUT2D eigenvalue weighted by molar-refractivity contribution is -0.124. The molecule has 6 nitrogen and oxygen atoms in total. The second-order valence-electron chi connectivity index (χ2n) is 6.50. The normalized spacial score (nSPS) is 19.0. The molecule has 0 radical (unpaired) electrons. The third-order valence-corrected chi connectivity index (χ3v) is 6.97. The molecule has 0 spiro atoms. The highest BCUT2D eigenvalue weighted by molar-refractivity contribution is 7.92. The molecule has 2 aromatic carbocycles. The molecular formula is C20H19NO5S. The van der Waals surface area contributed by atoms with Crippen molar-refractivity contribution in [1.29, 1.82) is 0 Å². The molecular weight excluding hydrogens is 366 g/mol. The van der Waals surface area contributed by atoms with E-state index >= 15 is 0 Å². The number of benzene rings is 2. The molecule has 1 saturated heterocycles. The third-order valence-electron chi connectivity index (χ3n) is 4.78. The molecule has 1 atom stereocenters. The summed E-state index contributed by atoms with van der Waals surface area (Å²) in [5, 5.41) is -0.567. The van der Waals surface area contributed by atoms with Crippen LogP contribution in [0, 0.1) is 0 Å². The van der Waals surface area contributed by atoms with Gasteiger partial charge in [0.05, 0.1) is 10.1 Å². The molecule has 2 heterocycles. The van der Waals surface area contributed by atoms with Crippen LogP contribution in [0.15, 0.2) is 59.5 Å². The van der Waals surface area contributed by atoms with Crippen molar-refractivity contribution in [1.82, 2.24) is 4.90 Å². The Hall–Kier alpha value is -2.80. The Balaban J connectivity index is 1.42. The second-order valence-corrected chi connectivity index (χ2v) is 8.73. The topological polar surface area (TPSA) is 72.9 Å². The first kappa shape index (κ1) is 17.6. The van der Waals surface area contributed by atoms with Gasteiger partial charge >= 0.3 is 0 Å². The quantitative estimate of drug-likeness (QED) is 0.756. The van der Waals surface area contributed by atoms with Gasteiger partial charge in [0.25, 0.3) is 0 Å². The van der Waals surface area contributed by atoms with Gasteiger partial charge in [-0.25, -0.2) is 8.42 Å². The van der Waals surface area contributed by atoms with Gasteiger partial charge in [-0.1, -0.05) is 24.3 Å². The molecule has 27 heavy (non-hydrogen) atoms. The zero-order chi connectivity index (χ0) is 18.9. The number of sulfone groups is 1. The summed E-state index contributed by atoms with van der Waals surface area (Å²) in [5.74, 6) is 1.14. The zero-order valence-corrected chi connectivity index (χ0v) is 15.4. The number of rotatable bonds is 4. The number of amides is 1. The predicted molar refractivity (Wildman–Crippen MR) is 100 cm³/mol. The van der Waals surface area contributed by atoms with Crippen molar-refractivity contribution in [3.63, 3.8) is 0 Å². The zero-order valence-electron chi connectivity index (χ0n) is 14.6. The summed E-state index contributed by atoms with van der Waals surface area (Å²) in [5.41, 5.74) is 0.820. The molecule has 0 aromatic heterocycles. The largest absolute Gasteiger partial charge is 0.454 e. The van der Waals surface area contributed by atoms with Crippen molar-refractivity contribution in [2.45, 2.75) is 16.6 Å². The molecule has 1 unspecified atom stereocenters. The average Bonchev–Trinajstić information content (AvgIpc) is 3.36. The van der Waals surface area contributed by atoms with Crippen LogP contribution in [-0.4, -0.2) is 44.4 Å². The molecule has 2 aliphatic rings. The van der Waals surface area contributed by atoms with E-state index < -0.39 is 15.1 Å². The summed E-state index contributed by atoms with van der Waals surface area (Å²) >= 11 is 0. The fourth-order valence-electron chi connectivity index (χ4n) is 3.27. The smallest absolute Gasteiger partial charge is 0.246 e. The van der Waals surface area contributed by atoms with Crippen LogP contribution >= 0.6 is 0 Å². The monoisotopic (exact) mass is 385 g/mol. The first-order valence-electron chi connectivity index (χ1n) is 8.69. The van der Waals surface area contributed by atoms with Crippen LogP contribution in [-0.2, 0) is 14.6 Å². The van der Waals surface area contributed by atoms with E-state index in [1.54, 1.807) is 53.4 Å². The second kappa shape index (κ2) is 7.08. The van der Waals surface area contributed by atoms with Crippen LogP contribution in [0.25, 0.3) is 6.08 Å². The Kier molecular flexibility index (Phi) is 4.61. The van der Waals surface area contributed by atoms with Crippen LogP contribution in [0.5, 0.6) is 11.5 Å². The molecule has 4 rings (SSSR count). The van der Waals surface area contributed by atoms with Gasteiger partial charge in [0, 0.05) is 19.2 Å². The summed E-state index contributed by atoms with van der Waals surface area (Å²) in [4.78, 5) is 14.3. The molecule has 0 aliphatic carbocycles. The SMILES string of the molecule is O=C(/C=C/c1ccc2c(c1)OCO2)N1CCC(S(=O)(=O)c2ccccc2)C1. The average molecular weight is 385 g/mol. The van der Waals surface area contributed by atoms with E-state index in [9.17, 15) is 13.2 Å². The van der Waals surface area contributed by atoms with Crippen molar-refractivity contribution >= 4 is 21.8 Å². The van der Waals surface area contributed by atoms with Crippen molar-refractivity contribution < 1.29 is 22.7 Å². The summed E-state index contributed by atoms with van der Waals surface area (Å²) in [6.45, 7) is 0.842. The maximum Gasteiger partial charge on any atom is 0.246 e. The van der Waals surface area contributed by atoms with E-state index in [4.69, 9.17) is 9.47 Å². The van der Waals surface area contributed by atoms with Crippen LogP contribution in [0.3, 0.4) is 0 Å². The standard InChI is InChI=1S/C20H19NO5S/c22-20(9-7-15-6-8-18-19(12-15)26-14-25-18)21-11-10-17(13-21)27(23,24)16-4-2-1-3-5-16/h1-9,12,17H,10-11,13-14H2/b9-7+. The summed E-state index contributed by atoms with van der Waals surface area (Å²) in [6, 6.07) is 13.8. The molecule has 1 amide bonds. The van der Waals surface area contributed by atoms with E-state index in [1.807, 2.05) is 6.07 Å². The van der Waals surface area contributed by atoms with Crippen LogP contribution in [0.1, 0.15) is 12.0 Å². The first-order valence-corrected chi connectivity index (χ1v) is 10.2. The maximum absolute atomic E-state index is 12.7. The Morgan fingerprint density at radius 3 is 2.67 bits per heavy atom. The predicted octanol–water partition coefficient (Wildman–Crippen LogP) is 2.50. The number of hydrogen-bond donors (Lipinski definition) is 0. The number of likely N-dealkylation sites (tertiary alicyclic amines) is 1. The molecule has 0 bridgehead atoms. The minimum Gasteiger partial charge on any atom is -0.454 e. The Morgan fingerprint density at radius 1 is 1.07 bits per heavy atom. The lowest BCUT2D eigenvalue weighted by Gasteiger charge is -2.15. The lowest BCUT2D eigenvalue weighted by atomic mass is 10.2. The molecule has 1 fully saturated rings. The van der Waals surface area contributed by atoms with Crippen molar-refractivity contribution in [2.75, 3.05) is 19.9 Å². The highest BCUT2D eigenvalue weighted by Gasteiger charge is 2.35. The fourth-order valence-corrected chi connectivity index (χ4v) is 4.99. The Bertz CT molecular complexity index is 985. The molecule has 2 aromatic rings. The lowest BCUT2D eigenvalue weighted by Crippen LogP contribution is -2.30. The van der Waals surface area contributed by atoms with Crippen LogP contribution in [0.4, 0.5) is 0 Å². The van der Waals surface area contributed by atoms with Crippen molar-refractivity contribution in [2.24, 2.45) is 0 Å². The summed E-state index contributed by atoms with van der Waals surface area (Å²) in [6.07, 6.45) is 3.61. The summed E-state index contributed by atoms with van der Waals surface area (Å²) < 4.78 is 36.0. The Labute approximate surface area is 157 Å². The van der Waals surface area contributed by atoms with Gasteiger partial charge in [0.15, 0.2) is 21.3 Å². The summed E-state index contributed by atoms with van der Waals surface area (Å²) in [7, 11) is -3.43. The molecule has 0 N–H and O–H groups in total. The highest BCUT2D eigenvalue weighted by Crippen LogP contribution is 2.32. The van der Waals surface area contributed by atoms with Crippen LogP contribution in [0.2, 0.25) is 0 Å². The van der Waals surface area contributed by atoms with E-state index in [2.05, 4.69) is 0 Å². The minimum atomic E-state index is -3.43. The molecule has 0 saturated carbocycles. The van der Waals surface area contributed by atoms with Gasteiger partial charge in [-0.2, -0.15) is 0 Å². The van der Waals surface area contributed by atoms with E-state index in [-0.39, 0.29) is 19.2 Å². The molecule has 7 heteroatoms. The van der Waals surface area contributed by atoms with Gasteiger partial charge in [0.1, 0.15) is 0 Å². The van der Waals surface area contributed by atoms with E-state index in [1.165, 1.54) is 6.08 Å². The number of carbonyl (C=O) groups excluding carboxylic acids is 1. The van der Waals surface area contributed by atoms with E-state index in [0.717, 1.165) is 5.56 Å². The number of nitrogens with zero attached hydrogens (tertiary/aromatic N) is 1. The minimum absolute atomic E-state index is 0.196. The van der Waals surface area contributed by atoms with Crippen molar-refractivity contribution in [3.8, 4) is 11.5 Å². The third kappa shape index (κ3) is 3.55. The van der Waals surface area contributed by atoms with Gasteiger partial charge in [0.2, 0.25) is 12.7 Å². The molecule has 2 aliphatic heterocycles. The van der Waals surface area contributed by atoms with Crippen LogP contribution < -0.4 is 9.47 Å². The first-order chi connectivity index (χ1) is 13.0. The van der Waals surface area contributed by atoms with Crippen molar-refractivity contribution in [3.05, 3.63) is 60.2 Å². The van der Waals surface area contributed by atoms with Gasteiger partial charge in [-0.15, -0.1) is 0 Å². The number of carbonyl (C=O) groups is 1. The number of fused-ring (bicyclic) bond motifs is 1. The van der Waals surface area contributed by atoms with Gasteiger partial charge in [-0.05, 0) is 42.3 Å². The maximum atomic E-state index is 12.7. The van der Waals surface area contributed by atoms with E-state index in [0.29, 0.717) is 29.4 Å². The highest BCUT2D eigenvalue weighted by atomic mass is 32.2. The molecule has 140 valence electrons. The number of ether oxygens (including phenoxy) is 2. The number of hydrogen-bond acceptors (Lipinski definition) is 5. The fraction of sp³-hybridized carbons (Fsp3) is 0.250.